The van der Waals surface area contributed by atoms with Crippen LogP contribution in [0.5, 0.6) is 23.0 Å². The average molecular weight is 1550 g/mol. The summed E-state index contributed by atoms with van der Waals surface area (Å²) in [5.41, 5.74) is 19.8. The highest BCUT2D eigenvalue weighted by atomic mass is 32.1. The standard InChI is InChI=1S/C23H19N5O.C22H18N6O.C22H17N5O2.C22H17N5OS/c1-29-19-12-11-17(15-7-3-2-4-8-15)13-18(19)26-22-20-21(16-9-5-6-10-16)27-28-23(20)25-14-24-22;1-29-18-10-9-15(14-6-3-2-4-7-14)12-17(18)26-21-19-20(16-8-5-11-23-16)27-28-22(19)25-13-24-21;2*1-28-17-10-9-15(14-6-3-2-4-7-14)12-16(17)25-21-19-20(18-8-5-11-29-18)26-27-22(19)24-13-23-21/h2-5,7-14H,6H2,1H3,(H2,24,25,26,27,28);2-13,23H,1H3,(H2,24,25,26,27,28);2*2-13H,1H3,(H2,23,24,25,26,27). The molecule has 27 heteroatoms. The summed E-state index contributed by atoms with van der Waals surface area (Å²) >= 11 is 1.64. The van der Waals surface area contributed by atoms with Crippen molar-refractivity contribution in [2.24, 2.45) is 0 Å². The van der Waals surface area contributed by atoms with E-state index in [1.807, 2.05) is 175 Å². The Morgan fingerprint density at radius 1 is 0.353 bits per heavy atom. The van der Waals surface area contributed by atoms with Crippen molar-refractivity contribution in [3.63, 3.8) is 0 Å². The van der Waals surface area contributed by atoms with Gasteiger partial charge in [-0.1, -0.05) is 170 Å². The molecule has 568 valence electrons. The zero-order valence-electron chi connectivity index (χ0n) is 62.7. The lowest BCUT2D eigenvalue weighted by Gasteiger charge is -2.13. The third-order valence-electron chi connectivity index (χ3n) is 19.1. The van der Waals surface area contributed by atoms with Gasteiger partial charge in [0.1, 0.15) is 77.3 Å². The number of methoxy groups -OCH3 is 4. The molecule has 0 saturated heterocycles. The van der Waals surface area contributed by atoms with Crippen molar-refractivity contribution in [1.29, 1.82) is 0 Å². The number of nitrogens with zero attached hydrogens (tertiary/aromatic N) is 12. The summed E-state index contributed by atoms with van der Waals surface area (Å²) in [5.74, 6) is 6.19. The van der Waals surface area contributed by atoms with Gasteiger partial charge in [0.25, 0.3) is 0 Å². The number of hydrogen-bond acceptors (Lipinski definition) is 22. The molecular weight excluding hydrogens is 1480 g/mol. The van der Waals surface area contributed by atoms with Crippen molar-refractivity contribution < 1.29 is 23.4 Å². The monoisotopic (exact) mass is 1550 g/mol. The van der Waals surface area contributed by atoms with Crippen LogP contribution < -0.4 is 40.2 Å². The molecule has 0 radical (unpaired) electrons. The van der Waals surface area contributed by atoms with Crippen LogP contribution in [0.4, 0.5) is 46.0 Å². The Hall–Kier alpha value is -15.9. The molecule has 20 rings (SSSR count). The molecule has 1 aliphatic carbocycles. The number of anilines is 8. The van der Waals surface area contributed by atoms with Crippen molar-refractivity contribution in [2.75, 3.05) is 49.7 Å². The summed E-state index contributed by atoms with van der Waals surface area (Å²) in [5, 5.41) is 48.5. The fourth-order valence-electron chi connectivity index (χ4n) is 13.5. The Morgan fingerprint density at radius 2 is 0.733 bits per heavy atom. The van der Waals surface area contributed by atoms with Gasteiger partial charge < -0.3 is 49.6 Å². The van der Waals surface area contributed by atoms with Crippen LogP contribution in [0, 0.1) is 0 Å². The molecule has 11 heterocycles. The number of rotatable bonds is 20. The second kappa shape index (κ2) is 33.8. The number of aromatic amines is 5. The average Bonchev–Trinajstić information content (AvgIpc) is 1.65. The van der Waals surface area contributed by atoms with Gasteiger partial charge in [0.15, 0.2) is 28.3 Å². The number of aromatic nitrogens is 17. The molecule has 0 amide bonds. The van der Waals surface area contributed by atoms with Gasteiger partial charge in [-0.2, -0.15) is 20.4 Å². The molecule has 0 aliphatic heterocycles. The molecule has 19 aromatic rings. The number of thiophene rings is 1. The van der Waals surface area contributed by atoms with E-state index in [0.29, 0.717) is 63.1 Å². The van der Waals surface area contributed by atoms with Crippen LogP contribution in [-0.4, -0.2) is 114 Å². The summed E-state index contributed by atoms with van der Waals surface area (Å²) in [4.78, 5) is 39.3. The van der Waals surface area contributed by atoms with Gasteiger partial charge in [-0.25, -0.2) is 39.9 Å². The number of allylic oxidation sites excluding steroid dienone is 4. The molecule has 0 unspecified atom stereocenters. The molecule has 0 saturated carbocycles. The van der Waals surface area contributed by atoms with Crippen LogP contribution in [0.15, 0.2) is 296 Å². The molecule has 26 nitrogen and oxygen atoms in total. The lowest BCUT2D eigenvalue weighted by atomic mass is 10.0. The van der Waals surface area contributed by atoms with E-state index in [2.05, 4.69) is 192 Å². The second-order valence-electron chi connectivity index (χ2n) is 26.0. The summed E-state index contributed by atoms with van der Waals surface area (Å²) < 4.78 is 27.8. The van der Waals surface area contributed by atoms with Crippen molar-refractivity contribution in [1.82, 2.24) is 85.6 Å². The molecular formula is C89H71N21O5S. The summed E-state index contributed by atoms with van der Waals surface area (Å²) in [6.07, 6.45) is 16.8. The highest BCUT2D eigenvalue weighted by Crippen LogP contribution is 2.43. The molecule has 0 spiro atoms. The third-order valence-corrected chi connectivity index (χ3v) is 20.0. The molecule has 11 aromatic heterocycles. The number of fused-ring (bicyclic) bond motifs is 4. The van der Waals surface area contributed by atoms with Crippen LogP contribution in [-0.2, 0) is 0 Å². The van der Waals surface area contributed by atoms with E-state index in [9.17, 15) is 0 Å². The molecule has 0 fully saturated rings. The van der Waals surface area contributed by atoms with Crippen LogP contribution in [0.25, 0.3) is 128 Å². The lowest BCUT2D eigenvalue weighted by Crippen LogP contribution is -1.99. The molecule has 1 aliphatic rings. The van der Waals surface area contributed by atoms with Crippen molar-refractivity contribution in [2.45, 2.75) is 6.42 Å². The molecule has 0 atom stereocenters. The smallest absolute Gasteiger partial charge is 0.186 e. The van der Waals surface area contributed by atoms with Gasteiger partial charge in [0.05, 0.1) is 107 Å². The minimum atomic E-state index is 0.548. The molecule has 0 bridgehead atoms. The minimum Gasteiger partial charge on any atom is -0.495 e. The van der Waals surface area contributed by atoms with Crippen LogP contribution >= 0.6 is 11.3 Å². The summed E-state index contributed by atoms with van der Waals surface area (Å²) in [6, 6.07) is 76.7. The predicted molar refractivity (Wildman–Crippen MR) is 456 cm³/mol. The minimum absolute atomic E-state index is 0.548. The van der Waals surface area contributed by atoms with E-state index in [-0.39, 0.29) is 0 Å². The number of hydrogen-bond donors (Lipinski definition) is 9. The Balaban J connectivity index is 0.000000111. The van der Waals surface area contributed by atoms with E-state index in [1.54, 1.807) is 46.0 Å². The van der Waals surface area contributed by atoms with Gasteiger partial charge in [0.2, 0.25) is 0 Å². The van der Waals surface area contributed by atoms with Gasteiger partial charge in [-0.3, -0.25) is 20.4 Å². The largest absolute Gasteiger partial charge is 0.495 e. The van der Waals surface area contributed by atoms with Crippen molar-refractivity contribution in [3.05, 3.63) is 298 Å². The van der Waals surface area contributed by atoms with Crippen LogP contribution in [0.2, 0.25) is 0 Å². The number of H-pyrrole nitrogens is 5. The third kappa shape index (κ3) is 15.5. The normalized spacial score (nSPS) is 11.4. The fourth-order valence-corrected chi connectivity index (χ4v) is 14.2. The SMILES string of the molecule is COc1ccc(-c2ccccc2)cc1Nc1ncnc2n[nH]c(-c3ccc[nH]3)c12.COc1ccc(-c2ccccc2)cc1Nc1ncnc2n[nH]c(-c3ccco3)c12.COc1ccc(-c2ccccc2)cc1Nc1ncnc2n[nH]c(-c3cccs3)c12.COc1ccc(-c2ccccc2)cc1Nc1ncnc2n[nH]c(C3=CCC=C3)c12. The Labute approximate surface area is 667 Å². The van der Waals surface area contributed by atoms with Gasteiger partial charge >= 0.3 is 0 Å². The van der Waals surface area contributed by atoms with E-state index in [1.165, 1.54) is 25.3 Å². The number of nitrogens with one attached hydrogen (secondary N) is 9. The zero-order chi connectivity index (χ0) is 78.5. The summed E-state index contributed by atoms with van der Waals surface area (Å²) in [6.45, 7) is 0. The highest BCUT2D eigenvalue weighted by molar-refractivity contribution is 7.13. The van der Waals surface area contributed by atoms with Crippen molar-refractivity contribution in [3.8, 4) is 101 Å². The van der Waals surface area contributed by atoms with E-state index in [4.69, 9.17) is 23.4 Å². The number of benzene rings is 8. The van der Waals surface area contributed by atoms with Gasteiger partial charge in [0, 0.05) is 6.20 Å². The van der Waals surface area contributed by atoms with Gasteiger partial charge in [-0.15, -0.1) is 11.3 Å². The maximum Gasteiger partial charge on any atom is 0.186 e. The molecule has 9 N–H and O–H groups in total. The number of furan rings is 1. The maximum absolute atomic E-state index is 5.58. The second-order valence-corrected chi connectivity index (χ2v) is 27.0. The van der Waals surface area contributed by atoms with Crippen molar-refractivity contribution >= 4 is 107 Å². The first-order chi connectivity index (χ1) is 57.3. The molecule has 116 heavy (non-hydrogen) atoms. The molecule has 8 aromatic carbocycles. The Morgan fingerprint density at radius 3 is 1.09 bits per heavy atom. The number of ether oxygens (including phenoxy) is 4. The predicted octanol–water partition coefficient (Wildman–Crippen LogP) is 20.4. The van der Waals surface area contributed by atoms with E-state index in [0.717, 1.165) is 146 Å². The highest BCUT2D eigenvalue weighted by Gasteiger charge is 2.23. The quantitative estimate of drug-likeness (QED) is 0.0342. The lowest BCUT2D eigenvalue weighted by molar-refractivity contribution is 0.417. The first kappa shape index (κ1) is 72.9. The topological polar surface area (TPSA) is 332 Å². The van der Waals surface area contributed by atoms with E-state index < -0.39 is 0 Å². The maximum atomic E-state index is 5.58. The van der Waals surface area contributed by atoms with Crippen LogP contribution in [0.1, 0.15) is 12.1 Å². The van der Waals surface area contributed by atoms with E-state index >= 15 is 0 Å². The fraction of sp³-hybridized carbons (Fsp3) is 0.0562. The summed E-state index contributed by atoms with van der Waals surface area (Å²) in [7, 11) is 6.62. The zero-order valence-corrected chi connectivity index (χ0v) is 63.6. The first-order valence-electron chi connectivity index (χ1n) is 36.7. The van der Waals surface area contributed by atoms with Crippen LogP contribution in [0.3, 0.4) is 0 Å². The first-order valence-corrected chi connectivity index (χ1v) is 37.6. The Bertz CT molecular complexity index is 6160. The van der Waals surface area contributed by atoms with Gasteiger partial charge in [-0.05, 0) is 141 Å². The Kier molecular flexibility index (Phi) is 21.2.